The average Bonchev–Trinajstić information content (AvgIpc) is 2.71. The molecule has 2 N–H and O–H groups in total. The molecule has 0 atom stereocenters. The fraction of sp³-hybridized carbons (Fsp3) is 0.238. The molecule has 0 unspecified atom stereocenters. The van der Waals surface area contributed by atoms with Gasteiger partial charge in [-0.25, -0.2) is 10.4 Å². The summed E-state index contributed by atoms with van der Waals surface area (Å²) in [5.41, 5.74) is 4.35. The summed E-state index contributed by atoms with van der Waals surface area (Å²) in [7, 11) is 0. The van der Waals surface area contributed by atoms with Crippen LogP contribution in [0.4, 0.5) is 0 Å². The van der Waals surface area contributed by atoms with E-state index in [4.69, 9.17) is 27.9 Å². The highest BCUT2D eigenvalue weighted by atomic mass is 35.5. The molecule has 2 aromatic carbocycles. The van der Waals surface area contributed by atoms with E-state index >= 15 is 0 Å². The lowest BCUT2D eigenvalue weighted by Crippen LogP contribution is -2.21. The average molecular weight is 447 g/mol. The first-order valence-electron chi connectivity index (χ1n) is 9.39. The van der Waals surface area contributed by atoms with Crippen molar-refractivity contribution >= 4 is 46.4 Å². The normalized spacial score (nSPS) is 11.2. The van der Waals surface area contributed by atoms with Gasteiger partial charge in [-0.15, -0.1) is 0 Å². The molecule has 0 aliphatic carbocycles. The van der Waals surface area contributed by atoms with Crippen molar-refractivity contribution in [3.8, 4) is 5.75 Å². The van der Waals surface area contributed by atoms with Crippen molar-refractivity contribution in [2.75, 3.05) is 6.61 Å². The first-order valence-corrected chi connectivity index (χ1v) is 10.1. The monoisotopic (exact) mass is 446 g/mol. The van der Waals surface area contributed by atoms with E-state index in [0.717, 1.165) is 6.42 Å². The minimum Gasteiger partial charge on any atom is -0.490 e. The van der Waals surface area contributed by atoms with Crippen LogP contribution in [0.5, 0.6) is 5.75 Å². The predicted molar refractivity (Wildman–Crippen MR) is 119 cm³/mol. The molecule has 1 aromatic heterocycles. The number of carbonyl (C=O) groups excluding carboxylic acids is 1. The summed E-state index contributed by atoms with van der Waals surface area (Å²) in [6.07, 6.45) is 2.53. The van der Waals surface area contributed by atoms with Crippen LogP contribution in [0.2, 0.25) is 10.0 Å². The van der Waals surface area contributed by atoms with E-state index in [2.05, 4.69) is 20.5 Å². The maximum absolute atomic E-state index is 12.1. The third kappa shape index (κ3) is 5.58. The molecule has 7 nitrogen and oxygen atoms in total. The SMILES string of the molecule is CCCOc1c(Cl)cc(/C=N\NC(=O)CCc2nc3ccccc3[nH]c2=O)cc1Cl. The lowest BCUT2D eigenvalue weighted by molar-refractivity contribution is -0.121. The number of aryl methyl sites for hydroxylation is 1. The zero-order valence-electron chi connectivity index (χ0n) is 16.2. The number of fused-ring (bicyclic) bond motifs is 1. The summed E-state index contributed by atoms with van der Waals surface area (Å²) in [5, 5.41) is 4.64. The van der Waals surface area contributed by atoms with Crippen molar-refractivity contribution in [2.24, 2.45) is 5.10 Å². The summed E-state index contributed by atoms with van der Waals surface area (Å²) < 4.78 is 5.51. The van der Waals surface area contributed by atoms with Crippen LogP contribution in [0.25, 0.3) is 11.0 Å². The molecule has 156 valence electrons. The number of H-pyrrole nitrogens is 1. The molecular formula is C21H20Cl2N4O3. The van der Waals surface area contributed by atoms with Gasteiger partial charge in [0.25, 0.3) is 5.56 Å². The minimum absolute atomic E-state index is 0.0665. The van der Waals surface area contributed by atoms with Gasteiger partial charge in [0.2, 0.25) is 5.91 Å². The number of amides is 1. The molecule has 0 aliphatic rings. The van der Waals surface area contributed by atoms with Crippen molar-refractivity contribution in [3.05, 3.63) is 68.1 Å². The van der Waals surface area contributed by atoms with Gasteiger partial charge in [-0.05, 0) is 36.2 Å². The van der Waals surface area contributed by atoms with Crippen LogP contribution >= 0.6 is 23.2 Å². The van der Waals surface area contributed by atoms with E-state index in [1.54, 1.807) is 24.3 Å². The molecule has 0 spiro atoms. The molecular weight excluding hydrogens is 427 g/mol. The summed E-state index contributed by atoms with van der Waals surface area (Å²) in [6, 6.07) is 10.5. The van der Waals surface area contributed by atoms with E-state index in [0.29, 0.717) is 44.7 Å². The Morgan fingerprint density at radius 1 is 1.27 bits per heavy atom. The molecule has 3 aromatic rings. The van der Waals surface area contributed by atoms with Crippen LogP contribution in [0, 0.1) is 0 Å². The largest absolute Gasteiger partial charge is 0.490 e. The van der Waals surface area contributed by atoms with Crippen molar-refractivity contribution in [2.45, 2.75) is 26.2 Å². The van der Waals surface area contributed by atoms with Crippen LogP contribution in [0.15, 0.2) is 46.3 Å². The highest BCUT2D eigenvalue weighted by Crippen LogP contribution is 2.33. The van der Waals surface area contributed by atoms with E-state index in [1.165, 1.54) is 6.21 Å². The minimum atomic E-state index is -0.347. The first-order chi connectivity index (χ1) is 14.5. The molecule has 3 rings (SSSR count). The van der Waals surface area contributed by atoms with Crippen LogP contribution in [0.1, 0.15) is 31.0 Å². The van der Waals surface area contributed by atoms with Crippen molar-refractivity contribution in [1.29, 1.82) is 0 Å². The maximum Gasteiger partial charge on any atom is 0.270 e. The van der Waals surface area contributed by atoms with Crippen LogP contribution < -0.4 is 15.7 Å². The van der Waals surface area contributed by atoms with Gasteiger partial charge in [-0.3, -0.25) is 9.59 Å². The van der Waals surface area contributed by atoms with Crippen molar-refractivity contribution < 1.29 is 9.53 Å². The van der Waals surface area contributed by atoms with Gasteiger partial charge in [-0.2, -0.15) is 5.10 Å². The maximum atomic E-state index is 12.1. The fourth-order valence-electron chi connectivity index (χ4n) is 2.70. The predicted octanol–water partition coefficient (Wildman–Crippen LogP) is 4.10. The highest BCUT2D eigenvalue weighted by molar-refractivity contribution is 6.37. The summed E-state index contributed by atoms with van der Waals surface area (Å²) in [5.74, 6) is 0.0789. The number of hydrazone groups is 1. The van der Waals surface area contributed by atoms with Gasteiger partial charge >= 0.3 is 0 Å². The zero-order valence-corrected chi connectivity index (χ0v) is 17.8. The highest BCUT2D eigenvalue weighted by Gasteiger charge is 2.10. The number of hydrogen-bond acceptors (Lipinski definition) is 5. The van der Waals surface area contributed by atoms with E-state index in [-0.39, 0.29) is 24.3 Å². The lowest BCUT2D eigenvalue weighted by Gasteiger charge is -2.09. The molecule has 30 heavy (non-hydrogen) atoms. The van der Waals surface area contributed by atoms with E-state index < -0.39 is 0 Å². The number of hydrogen-bond donors (Lipinski definition) is 2. The summed E-state index contributed by atoms with van der Waals surface area (Å²) in [6.45, 7) is 2.50. The Balaban J connectivity index is 1.58. The Hall–Kier alpha value is -2.90. The Kier molecular flexibility index (Phi) is 7.43. The Morgan fingerprint density at radius 2 is 2.00 bits per heavy atom. The molecule has 0 saturated carbocycles. The molecule has 0 bridgehead atoms. The number of aromatic nitrogens is 2. The summed E-state index contributed by atoms with van der Waals surface area (Å²) >= 11 is 12.4. The Bertz CT molecular complexity index is 1120. The number of halogens is 2. The number of nitrogens with zero attached hydrogens (tertiary/aromatic N) is 2. The standard InChI is InChI=1S/C21H20Cl2N4O3/c1-2-9-30-20-14(22)10-13(11-15(20)23)12-24-27-19(28)8-7-18-21(29)26-17-6-4-3-5-16(17)25-18/h3-6,10-12H,2,7-9H2,1H3,(H,26,29)(H,27,28)/b24-12-. The van der Waals surface area contributed by atoms with Crippen LogP contribution in [0.3, 0.4) is 0 Å². The number of nitrogens with one attached hydrogen (secondary N) is 2. The molecule has 0 fully saturated rings. The second-order valence-electron chi connectivity index (χ2n) is 6.49. The number of rotatable bonds is 8. The molecule has 0 radical (unpaired) electrons. The number of benzene rings is 2. The van der Waals surface area contributed by atoms with E-state index in [1.807, 2.05) is 19.1 Å². The van der Waals surface area contributed by atoms with Crippen molar-refractivity contribution in [3.63, 3.8) is 0 Å². The molecule has 1 heterocycles. The Morgan fingerprint density at radius 3 is 2.73 bits per heavy atom. The quantitative estimate of drug-likeness (QED) is 0.401. The smallest absolute Gasteiger partial charge is 0.270 e. The number of carbonyl (C=O) groups is 1. The fourth-order valence-corrected chi connectivity index (χ4v) is 3.31. The molecule has 1 amide bonds. The lowest BCUT2D eigenvalue weighted by atomic mass is 10.2. The van der Waals surface area contributed by atoms with Crippen LogP contribution in [-0.2, 0) is 11.2 Å². The second kappa shape index (κ2) is 10.2. The van der Waals surface area contributed by atoms with Gasteiger partial charge in [0, 0.05) is 12.8 Å². The van der Waals surface area contributed by atoms with Crippen molar-refractivity contribution in [1.82, 2.24) is 15.4 Å². The van der Waals surface area contributed by atoms with Gasteiger partial charge < -0.3 is 9.72 Å². The topological polar surface area (TPSA) is 96.4 Å². The number of ether oxygens (including phenoxy) is 1. The van der Waals surface area contributed by atoms with Gasteiger partial charge in [-0.1, -0.05) is 42.3 Å². The third-order valence-corrected chi connectivity index (χ3v) is 4.69. The number of aromatic amines is 1. The molecule has 0 saturated heterocycles. The van der Waals surface area contributed by atoms with Gasteiger partial charge in [0.15, 0.2) is 5.75 Å². The second-order valence-corrected chi connectivity index (χ2v) is 7.30. The zero-order chi connectivity index (χ0) is 21.5. The van der Waals surface area contributed by atoms with Gasteiger partial charge in [0.1, 0.15) is 5.69 Å². The molecule has 0 aliphatic heterocycles. The van der Waals surface area contributed by atoms with Crippen LogP contribution in [-0.4, -0.2) is 28.7 Å². The first kappa shape index (κ1) is 21.8. The van der Waals surface area contributed by atoms with Gasteiger partial charge in [0.05, 0.1) is 33.9 Å². The number of para-hydroxylation sites is 2. The summed E-state index contributed by atoms with van der Waals surface area (Å²) in [4.78, 5) is 31.2. The third-order valence-electron chi connectivity index (χ3n) is 4.13. The molecule has 9 heteroatoms. The van der Waals surface area contributed by atoms with E-state index in [9.17, 15) is 9.59 Å². The Labute approximate surface area is 183 Å².